The van der Waals surface area contributed by atoms with Gasteiger partial charge in [-0.1, -0.05) is 29.8 Å². The standard InChI is InChI=1S/C21H19N3O2S/c1-14-8-9-19(15(2)10-14)24(16(3)25)21-23-18(13-27-21)12-26-20-7-5-4-6-17(20)11-22/h4-10,13H,12H2,1-3H3. The van der Waals surface area contributed by atoms with Crippen LogP contribution in [-0.4, -0.2) is 10.9 Å². The number of nitriles is 1. The maximum Gasteiger partial charge on any atom is 0.230 e. The van der Waals surface area contributed by atoms with Gasteiger partial charge in [-0.3, -0.25) is 9.69 Å². The van der Waals surface area contributed by atoms with Crippen LogP contribution in [0.5, 0.6) is 5.75 Å². The molecule has 1 aromatic heterocycles. The van der Waals surface area contributed by atoms with Crippen LogP contribution < -0.4 is 9.64 Å². The third kappa shape index (κ3) is 4.15. The quantitative estimate of drug-likeness (QED) is 0.634. The summed E-state index contributed by atoms with van der Waals surface area (Å²) in [6.07, 6.45) is 0. The van der Waals surface area contributed by atoms with Crippen LogP contribution in [0.4, 0.5) is 10.8 Å². The van der Waals surface area contributed by atoms with E-state index in [9.17, 15) is 4.79 Å². The molecule has 0 saturated carbocycles. The first kappa shape index (κ1) is 18.6. The SMILES string of the molecule is CC(=O)N(c1nc(COc2ccccc2C#N)cs1)c1ccc(C)cc1C. The van der Waals surface area contributed by atoms with Crippen LogP contribution in [0, 0.1) is 25.2 Å². The van der Waals surface area contributed by atoms with Gasteiger partial charge in [0, 0.05) is 12.3 Å². The van der Waals surface area contributed by atoms with Crippen LogP contribution in [0.25, 0.3) is 0 Å². The fourth-order valence-corrected chi connectivity index (χ4v) is 3.63. The van der Waals surface area contributed by atoms with E-state index in [0.29, 0.717) is 22.1 Å². The van der Waals surface area contributed by atoms with E-state index in [-0.39, 0.29) is 12.5 Å². The number of amides is 1. The zero-order valence-corrected chi connectivity index (χ0v) is 16.2. The van der Waals surface area contributed by atoms with Crippen LogP contribution in [0.2, 0.25) is 0 Å². The molecule has 0 spiro atoms. The third-order valence-corrected chi connectivity index (χ3v) is 4.90. The molecule has 0 aliphatic heterocycles. The molecular weight excluding hydrogens is 358 g/mol. The first-order valence-electron chi connectivity index (χ1n) is 8.44. The minimum Gasteiger partial charge on any atom is -0.486 e. The number of thiazole rings is 1. The minimum absolute atomic E-state index is 0.0985. The molecule has 0 unspecified atom stereocenters. The second-order valence-electron chi connectivity index (χ2n) is 6.16. The van der Waals surface area contributed by atoms with Crippen LogP contribution in [0.1, 0.15) is 29.3 Å². The van der Waals surface area contributed by atoms with Crippen molar-refractivity contribution in [1.82, 2.24) is 4.98 Å². The number of ether oxygens (including phenoxy) is 1. The zero-order chi connectivity index (χ0) is 19.4. The summed E-state index contributed by atoms with van der Waals surface area (Å²) in [5.41, 5.74) is 4.17. The topological polar surface area (TPSA) is 66.2 Å². The Morgan fingerprint density at radius 3 is 2.74 bits per heavy atom. The molecule has 0 N–H and O–H groups in total. The average molecular weight is 377 g/mol. The second kappa shape index (κ2) is 8.02. The molecule has 0 fully saturated rings. The minimum atomic E-state index is -0.0985. The lowest BCUT2D eigenvalue weighted by molar-refractivity contribution is -0.115. The van der Waals surface area contributed by atoms with Crippen molar-refractivity contribution < 1.29 is 9.53 Å². The Labute approximate surface area is 162 Å². The van der Waals surface area contributed by atoms with Gasteiger partial charge in [0.2, 0.25) is 5.91 Å². The molecule has 136 valence electrons. The van der Waals surface area contributed by atoms with Crippen molar-refractivity contribution in [1.29, 1.82) is 5.26 Å². The Morgan fingerprint density at radius 2 is 2.04 bits per heavy atom. The van der Waals surface area contributed by atoms with Gasteiger partial charge in [0.15, 0.2) is 5.13 Å². The van der Waals surface area contributed by atoms with E-state index < -0.39 is 0 Å². The smallest absolute Gasteiger partial charge is 0.230 e. The number of hydrogen-bond acceptors (Lipinski definition) is 5. The van der Waals surface area contributed by atoms with Gasteiger partial charge in [0.05, 0.1) is 16.9 Å². The average Bonchev–Trinajstić information content (AvgIpc) is 3.10. The van der Waals surface area contributed by atoms with Gasteiger partial charge < -0.3 is 4.74 Å². The number of hydrogen-bond donors (Lipinski definition) is 0. The molecule has 27 heavy (non-hydrogen) atoms. The number of anilines is 2. The first-order valence-corrected chi connectivity index (χ1v) is 9.32. The van der Waals surface area contributed by atoms with Crippen molar-refractivity contribution in [3.63, 3.8) is 0 Å². The highest BCUT2D eigenvalue weighted by Crippen LogP contribution is 2.32. The Hall–Kier alpha value is -3.17. The van der Waals surface area contributed by atoms with E-state index >= 15 is 0 Å². The number of carbonyl (C=O) groups excluding carboxylic acids is 1. The highest BCUT2D eigenvalue weighted by Gasteiger charge is 2.20. The lowest BCUT2D eigenvalue weighted by Crippen LogP contribution is -2.23. The van der Waals surface area contributed by atoms with E-state index in [1.165, 1.54) is 18.3 Å². The largest absolute Gasteiger partial charge is 0.486 e. The van der Waals surface area contributed by atoms with Gasteiger partial charge in [0.1, 0.15) is 18.4 Å². The Bertz CT molecular complexity index is 1020. The summed E-state index contributed by atoms with van der Waals surface area (Å²) < 4.78 is 5.73. The van der Waals surface area contributed by atoms with E-state index in [2.05, 4.69) is 11.1 Å². The summed E-state index contributed by atoms with van der Waals surface area (Å²) in [5.74, 6) is 0.422. The Kier molecular flexibility index (Phi) is 5.53. The molecule has 0 saturated heterocycles. The van der Waals surface area contributed by atoms with Crippen LogP contribution in [0.15, 0.2) is 47.8 Å². The van der Waals surface area contributed by atoms with Gasteiger partial charge >= 0.3 is 0 Å². The van der Waals surface area contributed by atoms with Gasteiger partial charge in [0.25, 0.3) is 0 Å². The number of aromatic nitrogens is 1. The summed E-state index contributed by atoms with van der Waals surface area (Å²) in [4.78, 5) is 18.5. The number of rotatable bonds is 5. The van der Waals surface area contributed by atoms with Gasteiger partial charge in [-0.2, -0.15) is 5.26 Å². The molecule has 3 rings (SSSR count). The van der Waals surface area contributed by atoms with Crippen molar-refractivity contribution in [2.24, 2.45) is 0 Å². The molecule has 0 radical (unpaired) electrons. The molecule has 0 atom stereocenters. The third-order valence-electron chi connectivity index (χ3n) is 4.02. The second-order valence-corrected chi connectivity index (χ2v) is 7.00. The fraction of sp³-hybridized carbons (Fsp3) is 0.190. The predicted molar refractivity (Wildman–Crippen MR) is 106 cm³/mol. The van der Waals surface area contributed by atoms with Crippen molar-refractivity contribution in [2.75, 3.05) is 4.90 Å². The maximum absolute atomic E-state index is 12.3. The van der Waals surface area contributed by atoms with Crippen LogP contribution in [0.3, 0.4) is 0 Å². The number of carbonyl (C=O) groups is 1. The molecule has 1 heterocycles. The van der Waals surface area contributed by atoms with Crippen molar-refractivity contribution in [2.45, 2.75) is 27.4 Å². The highest BCUT2D eigenvalue weighted by molar-refractivity contribution is 7.14. The summed E-state index contributed by atoms with van der Waals surface area (Å²) >= 11 is 1.39. The summed E-state index contributed by atoms with van der Waals surface area (Å²) in [5, 5.41) is 11.6. The van der Waals surface area contributed by atoms with Crippen molar-refractivity contribution in [3.05, 3.63) is 70.2 Å². The van der Waals surface area contributed by atoms with Gasteiger partial charge in [-0.05, 0) is 37.6 Å². The molecule has 0 bridgehead atoms. The van der Waals surface area contributed by atoms with Crippen molar-refractivity contribution in [3.8, 4) is 11.8 Å². The van der Waals surface area contributed by atoms with Crippen LogP contribution in [-0.2, 0) is 11.4 Å². The maximum atomic E-state index is 12.3. The lowest BCUT2D eigenvalue weighted by Gasteiger charge is -2.20. The molecule has 1 amide bonds. The molecule has 6 heteroatoms. The van der Waals surface area contributed by atoms with E-state index in [4.69, 9.17) is 10.00 Å². The zero-order valence-electron chi connectivity index (χ0n) is 15.4. The normalized spacial score (nSPS) is 10.3. The fourth-order valence-electron chi connectivity index (χ4n) is 2.77. The van der Waals surface area contributed by atoms with Gasteiger partial charge in [-0.15, -0.1) is 11.3 Å². The Balaban J connectivity index is 1.82. The highest BCUT2D eigenvalue weighted by atomic mass is 32.1. The summed E-state index contributed by atoms with van der Waals surface area (Å²) in [6, 6.07) is 15.1. The molecule has 5 nitrogen and oxygen atoms in total. The van der Waals surface area contributed by atoms with E-state index in [1.54, 1.807) is 23.1 Å². The molecule has 2 aromatic carbocycles. The van der Waals surface area contributed by atoms with Crippen LogP contribution >= 0.6 is 11.3 Å². The monoisotopic (exact) mass is 377 g/mol. The van der Waals surface area contributed by atoms with E-state index in [0.717, 1.165) is 16.8 Å². The number of para-hydroxylation sites is 1. The first-order chi connectivity index (χ1) is 13.0. The molecule has 0 aliphatic rings. The Morgan fingerprint density at radius 1 is 1.26 bits per heavy atom. The summed E-state index contributed by atoms with van der Waals surface area (Å²) in [6.45, 7) is 5.76. The molecule has 3 aromatic rings. The van der Waals surface area contributed by atoms with Gasteiger partial charge in [-0.25, -0.2) is 4.98 Å². The lowest BCUT2D eigenvalue weighted by atomic mass is 10.1. The predicted octanol–water partition coefficient (Wildman–Crippen LogP) is 4.90. The molecular formula is C21H19N3O2S. The number of benzene rings is 2. The van der Waals surface area contributed by atoms with E-state index in [1.807, 2.05) is 43.5 Å². The number of aryl methyl sites for hydroxylation is 2. The molecule has 0 aliphatic carbocycles. The summed E-state index contributed by atoms with van der Waals surface area (Å²) in [7, 11) is 0. The number of nitrogens with zero attached hydrogens (tertiary/aromatic N) is 3. The van der Waals surface area contributed by atoms with Crippen molar-refractivity contribution >= 4 is 28.1 Å².